The van der Waals surface area contributed by atoms with E-state index < -0.39 is 4.92 Å². The highest BCUT2D eigenvalue weighted by Gasteiger charge is 2.30. The van der Waals surface area contributed by atoms with Crippen LogP contribution in [0.3, 0.4) is 0 Å². The van der Waals surface area contributed by atoms with E-state index in [1.807, 2.05) is 17.9 Å². The average molecular weight is 453 g/mol. The van der Waals surface area contributed by atoms with Gasteiger partial charge in [0.05, 0.1) is 4.92 Å². The molecule has 1 aliphatic rings. The molecule has 0 spiro atoms. The zero-order valence-corrected chi connectivity index (χ0v) is 19.1. The van der Waals surface area contributed by atoms with Gasteiger partial charge in [-0.2, -0.15) is 0 Å². The fraction of sp³-hybridized carbons (Fsp3) is 0.304. The minimum Gasteiger partial charge on any atom is -0.368 e. The molecule has 8 nitrogen and oxygen atoms in total. The van der Waals surface area contributed by atoms with Gasteiger partial charge in [0.25, 0.3) is 0 Å². The second-order valence-corrected chi connectivity index (χ2v) is 8.37. The van der Waals surface area contributed by atoms with E-state index in [2.05, 4.69) is 52.2 Å². The largest absolute Gasteiger partial charge is 0.368 e. The molecule has 0 aliphatic carbocycles. The summed E-state index contributed by atoms with van der Waals surface area (Å²) in [5.74, 6) is 0.482. The zero-order chi connectivity index (χ0) is 22.8. The third-order valence-corrected chi connectivity index (χ3v) is 6.17. The number of benzene rings is 2. The first kappa shape index (κ1) is 21.8. The molecule has 0 saturated carbocycles. The second kappa shape index (κ2) is 9.00. The molecule has 166 valence electrons. The highest BCUT2D eigenvalue weighted by atomic mass is 35.5. The number of nitro groups is 1. The molecule has 1 N–H and O–H groups in total. The van der Waals surface area contributed by atoms with Crippen molar-refractivity contribution in [1.29, 1.82) is 0 Å². The van der Waals surface area contributed by atoms with E-state index in [1.54, 1.807) is 12.1 Å². The molecule has 3 aromatic rings. The van der Waals surface area contributed by atoms with Gasteiger partial charge < -0.3 is 15.1 Å². The lowest BCUT2D eigenvalue weighted by molar-refractivity contribution is -0.383. The van der Waals surface area contributed by atoms with Crippen LogP contribution in [0.1, 0.15) is 16.7 Å². The molecule has 4 rings (SSSR count). The van der Waals surface area contributed by atoms with Gasteiger partial charge in [0.15, 0.2) is 0 Å². The van der Waals surface area contributed by atoms with E-state index in [1.165, 1.54) is 23.1 Å². The summed E-state index contributed by atoms with van der Waals surface area (Å²) in [4.78, 5) is 24.3. The zero-order valence-electron chi connectivity index (χ0n) is 18.3. The quantitative estimate of drug-likeness (QED) is 0.428. The minimum absolute atomic E-state index is 0.132. The Labute approximate surface area is 192 Å². The van der Waals surface area contributed by atoms with Gasteiger partial charge in [0.1, 0.15) is 6.33 Å². The van der Waals surface area contributed by atoms with Crippen molar-refractivity contribution >= 4 is 40.3 Å². The van der Waals surface area contributed by atoms with Gasteiger partial charge in [-0.05, 0) is 55.7 Å². The van der Waals surface area contributed by atoms with Crippen molar-refractivity contribution in [3.05, 3.63) is 74.6 Å². The van der Waals surface area contributed by atoms with E-state index in [-0.39, 0.29) is 11.5 Å². The van der Waals surface area contributed by atoms with Gasteiger partial charge >= 0.3 is 5.69 Å². The van der Waals surface area contributed by atoms with Crippen molar-refractivity contribution in [2.24, 2.45) is 0 Å². The second-order valence-electron chi connectivity index (χ2n) is 7.93. The van der Waals surface area contributed by atoms with Gasteiger partial charge in [-0.15, -0.1) is 0 Å². The number of nitrogens with one attached hydrogen (secondary N) is 1. The molecule has 0 atom stereocenters. The highest BCUT2D eigenvalue weighted by molar-refractivity contribution is 6.30. The molecular formula is C23H25ClN6O2. The molecular weight excluding hydrogens is 428 g/mol. The Kier molecular flexibility index (Phi) is 6.14. The summed E-state index contributed by atoms with van der Waals surface area (Å²) < 4.78 is 0. The van der Waals surface area contributed by atoms with Crippen LogP contribution in [0.4, 0.5) is 28.7 Å². The summed E-state index contributed by atoms with van der Waals surface area (Å²) in [5, 5.41) is 15.6. The lowest BCUT2D eigenvalue weighted by Crippen LogP contribution is -2.47. The van der Waals surface area contributed by atoms with Gasteiger partial charge in [-0.1, -0.05) is 29.8 Å². The Morgan fingerprint density at radius 3 is 2.44 bits per heavy atom. The highest BCUT2D eigenvalue weighted by Crippen LogP contribution is 2.35. The molecule has 1 saturated heterocycles. The Morgan fingerprint density at radius 1 is 1.00 bits per heavy atom. The molecule has 2 aromatic carbocycles. The molecule has 0 radical (unpaired) electrons. The van der Waals surface area contributed by atoms with E-state index in [0.717, 1.165) is 18.7 Å². The Balaban J connectivity index is 1.59. The Bertz CT molecular complexity index is 1160. The number of rotatable bonds is 5. The first-order valence-corrected chi connectivity index (χ1v) is 10.8. The van der Waals surface area contributed by atoms with Gasteiger partial charge in [0.2, 0.25) is 11.6 Å². The topological polar surface area (TPSA) is 87.4 Å². The summed E-state index contributed by atoms with van der Waals surface area (Å²) in [6.07, 6.45) is 1.36. The van der Waals surface area contributed by atoms with Crippen molar-refractivity contribution in [3.8, 4) is 0 Å². The number of aromatic nitrogens is 2. The van der Waals surface area contributed by atoms with Crippen LogP contribution in [0.25, 0.3) is 0 Å². The van der Waals surface area contributed by atoms with Crippen LogP contribution in [-0.4, -0.2) is 41.1 Å². The molecule has 2 heterocycles. The summed E-state index contributed by atoms with van der Waals surface area (Å²) in [7, 11) is 0. The molecule has 1 aromatic heterocycles. The molecule has 9 heteroatoms. The van der Waals surface area contributed by atoms with Crippen molar-refractivity contribution < 1.29 is 4.92 Å². The lowest BCUT2D eigenvalue weighted by Gasteiger charge is -2.37. The summed E-state index contributed by atoms with van der Waals surface area (Å²) in [6.45, 7) is 8.89. The van der Waals surface area contributed by atoms with E-state index in [4.69, 9.17) is 11.6 Å². The van der Waals surface area contributed by atoms with E-state index in [0.29, 0.717) is 29.6 Å². The van der Waals surface area contributed by atoms with Gasteiger partial charge in [-0.3, -0.25) is 10.1 Å². The molecule has 0 amide bonds. The Hall–Kier alpha value is -3.39. The van der Waals surface area contributed by atoms with E-state index in [9.17, 15) is 10.1 Å². The van der Waals surface area contributed by atoms with E-state index >= 15 is 0 Å². The maximum absolute atomic E-state index is 12.0. The number of piperazine rings is 1. The first-order chi connectivity index (χ1) is 15.3. The smallest absolute Gasteiger partial charge is 0.353 e. The van der Waals surface area contributed by atoms with Crippen LogP contribution in [0, 0.1) is 30.9 Å². The molecule has 0 bridgehead atoms. The van der Waals surface area contributed by atoms with Crippen LogP contribution >= 0.6 is 11.6 Å². The summed E-state index contributed by atoms with van der Waals surface area (Å²) in [5.41, 5.74) is 5.17. The Morgan fingerprint density at radius 2 is 1.72 bits per heavy atom. The third kappa shape index (κ3) is 4.31. The summed E-state index contributed by atoms with van der Waals surface area (Å²) in [6, 6.07) is 11.7. The first-order valence-electron chi connectivity index (χ1n) is 10.4. The SMILES string of the molecule is Cc1ccc(Cl)cc1Nc1ncnc(N2CCN(c3cccc(C)c3C)CC2)c1[N+](=O)[O-]. The van der Waals surface area contributed by atoms with Gasteiger partial charge in [0, 0.05) is 42.6 Å². The standard InChI is InChI=1S/C23H25ClN6O2/c1-15-5-4-6-20(17(15)3)28-9-11-29(12-10-28)23-21(30(31)32)22(25-14-26-23)27-19-13-18(24)8-7-16(19)2/h4-8,13-14H,9-12H2,1-3H3,(H,25,26,27). The maximum atomic E-state index is 12.0. The molecule has 1 fully saturated rings. The average Bonchev–Trinajstić information content (AvgIpc) is 2.78. The van der Waals surface area contributed by atoms with Crippen molar-refractivity contribution in [2.45, 2.75) is 20.8 Å². The summed E-state index contributed by atoms with van der Waals surface area (Å²) >= 11 is 6.10. The van der Waals surface area contributed by atoms with Crippen LogP contribution in [0.2, 0.25) is 5.02 Å². The third-order valence-electron chi connectivity index (χ3n) is 5.93. The minimum atomic E-state index is -0.422. The predicted molar refractivity (Wildman–Crippen MR) is 129 cm³/mol. The number of aryl methyl sites for hydroxylation is 2. The van der Waals surface area contributed by atoms with Crippen molar-refractivity contribution in [1.82, 2.24) is 9.97 Å². The van der Waals surface area contributed by atoms with Crippen molar-refractivity contribution in [3.63, 3.8) is 0 Å². The molecule has 1 aliphatic heterocycles. The molecule has 32 heavy (non-hydrogen) atoms. The maximum Gasteiger partial charge on any atom is 0.353 e. The number of nitrogens with zero attached hydrogens (tertiary/aromatic N) is 5. The molecule has 0 unspecified atom stereocenters. The number of halogens is 1. The van der Waals surface area contributed by atoms with Gasteiger partial charge in [-0.25, -0.2) is 9.97 Å². The van der Waals surface area contributed by atoms with Crippen molar-refractivity contribution in [2.75, 3.05) is 41.3 Å². The number of hydrogen-bond donors (Lipinski definition) is 1. The van der Waals surface area contributed by atoms with Crippen LogP contribution in [0.5, 0.6) is 0 Å². The predicted octanol–water partition coefficient (Wildman–Crippen LogP) is 5.03. The fourth-order valence-electron chi connectivity index (χ4n) is 3.95. The monoisotopic (exact) mass is 452 g/mol. The van der Waals surface area contributed by atoms with Crippen LogP contribution < -0.4 is 15.1 Å². The lowest BCUT2D eigenvalue weighted by atomic mass is 10.1. The number of hydrogen-bond acceptors (Lipinski definition) is 7. The van der Waals surface area contributed by atoms with Crippen LogP contribution in [-0.2, 0) is 0 Å². The normalized spacial score (nSPS) is 13.9. The van der Waals surface area contributed by atoms with Crippen LogP contribution in [0.15, 0.2) is 42.7 Å². The fourth-order valence-corrected chi connectivity index (χ4v) is 4.13. The number of anilines is 4.